The first-order chi connectivity index (χ1) is 11.7. The van der Waals surface area contributed by atoms with Crippen molar-refractivity contribution in [1.29, 1.82) is 0 Å². The van der Waals surface area contributed by atoms with Gasteiger partial charge in [0.2, 0.25) is 0 Å². The van der Waals surface area contributed by atoms with Crippen LogP contribution in [0.4, 0.5) is 16.2 Å². The van der Waals surface area contributed by atoms with Crippen LogP contribution in [0.3, 0.4) is 0 Å². The van der Waals surface area contributed by atoms with Gasteiger partial charge in [0.1, 0.15) is 0 Å². The van der Waals surface area contributed by atoms with E-state index in [1.165, 1.54) is 0 Å². The topological polar surface area (TPSA) is 58.6 Å². The van der Waals surface area contributed by atoms with E-state index in [1.807, 2.05) is 24.3 Å². The first-order valence-corrected chi connectivity index (χ1v) is 8.13. The van der Waals surface area contributed by atoms with Crippen LogP contribution in [0.5, 0.6) is 0 Å². The molecular weight excluding hydrogens is 304 g/mol. The number of fused-ring (bicyclic) bond motifs is 1. The minimum Gasteiger partial charge on any atom is -0.462 e. The predicted molar refractivity (Wildman–Crippen MR) is 93.5 cm³/mol. The highest BCUT2D eigenvalue weighted by molar-refractivity contribution is 6.06. The van der Waals surface area contributed by atoms with Gasteiger partial charge in [-0.05, 0) is 43.5 Å². The van der Waals surface area contributed by atoms with Gasteiger partial charge in [-0.1, -0.05) is 30.3 Å². The van der Waals surface area contributed by atoms with Crippen molar-refractivity contribution in [3.05, 3.63) is 59.7 Å². The fourth-order valence-corrected chi connectivity index (χ4v) is 2.91. The monoisotopic (exact) mass is 324 g/mol. The molecule has 3 rings (SSSR count). The standard InChI is InChI=1S/C19H20N2O3/c1-2-24-18(22)15-10-4-5-11-16(15)20-19(23)21-13-7-9-14-8-3-6-12-17(14)21/h3-6,8,10-12H,2,7,9,13H2,1H3,(H,20,23). The van der Waals surface area contributed by atoms with Crippen LogP contribution in [0.2, 0.25) is 0 Å². The van der Waals surface area contributed by atoms with Gasteiger partial charge in [-0.25, -0.2) is 9.59 Å². The summed E-state index contributed by atoms with van der Waals surface area (Å²) in [4.78, 5) is 26.5. The SMILES string of the molecule is CCOC(=O)c1ccccc1NC(=O)N1CCCc2ccccc21. The van der Waals surface area contributed by atoms with Crippen molar-refractivity contribution in [2.45, 2.75) is 19.8 Å². The number of nitrogens with zero attached hydrogens (tertiary/aromatic N) is 1. The lowest BCUT2D eigenvalue weighted by molar-refractivity contribution is 0.0527. The van der Waals surface area contributed by atoms with Gasteiger partial charge in [-0.2, -0.15) is 0 Å². The third-order valence-corrected chi connectivity index (χ3v) is 4.02. The number of nitrogens with one attached hydrogen (secondary N) is 1. The molecule has 0 aliphatic carbocycles. The predicted octanol–water partition coefficient (Wildman–Crippen LogP) is 3.85. The van der Waals surface area contributed by atoms with Gasteiger partial charge >= 0.3 is 12.0 Å². The average molecular weight is 324 g/mol. The zero-order valence-corrected chi connectivity index (χ0v) is 13.6. The molecule has 2 aromatic carbocycles. The third kappa shape index (κ3) is 3.25. The molecule has 0 saturated carbocycles. The number of anilines is 2. The largest absolute Gasteiger partial charge is 0.462 e. The van der Waals surface area contributed by atoms with Gasteiger partial charge in [0, 0.05) is 12.2 Å². The molecule has 0 bridgehead atoms. The molecule has 0 spiro atoms. The number of urea groups is 1. The Bertz CT molecular complexity index is 758. The number of carbonyl (C=O) groups is 2. The van der Waals surface area contributed by atoms with Gasteiger partial charge in [0.15, 0.2) is 0 Å². The number of amides is 2. The maximum Gasteiger partial charge on any atom is 0.340 e. The van der Waals surface area contributed by atoms with Crippen molar-refractivity contribution < 1.29 is 14.3 Å². The molecule has 124 valence electrons. The third-order valence-electron chi connectivity index (χ3n) is 4.02. The fourth-order valence-electron chi connectivity index (χ4n) is 2.91. The van der Waals surface area contributed by atoms with Crippen molar-refractivity contribution >= 4 is 23.4 Å². The number of carbonyl (C=O) groups excluding carboxylic acids is 2. The number of hydrogen-bond donors (Lipinski definition) is 1. The summed E-state index contributed by atoms with van der Waals surface area (Å²) in [5.74, 6) is -0.438. The van der Waals surface area contributed by atoms with E-state index in [4.69, 9.17) is 4.74 Å². The lowest BCUT2D eigenvalue weighted by Gasteiger charge is -2.29. The zero-order valence-electron chi connectivity index (χ0n) is 13.6. The summed E-state index contributed by atoms with van der Waals surface area (Å²) in [6.45, 7) is 2.70. The van der Waals surface area contributed by atoms with Crippen LogP contribution in [0, 0.1) is 0 Å². The summed E-state index contributed by atoms with van der Waals surface area (Å²) in [7, 11) is 0. The van der Waals surface area contributed by atoms with Crippen LogP contribution in [-0.4, -0.2) is 25.2 Å². The van der Waals surface area contributed by atoms with Gasteiger partial charge in [-0.15, -0.1) is 0 Å². The Hall–Kier alpha value is -2.82. The quantitative estimate of drug-likeness (QED) is 0.873. The Morgan fingerprint density at radius 1 is 1.12 bits per heavy atom. The Morgan fingerprint density at radius 3 is 2.71 bits per heavy atom. The second kappa shape index (κ2) is 7.17. The van der Waals surface area contributed by atoms with Crippen molar-refractivity contribution in [3.63, 3.8) is 0 Å². The molecule has 1 aliphatic rings. The van der Waals surface area contributed by atoms with Crippen molar-refractivity contribution in [2.75, 3.05) is 23.4 Å². The number of hydrogen-bond acceptors (Lipinski definition) is 3. The molecule has 24 heavy (non-hydrogen) atoms. The van der Waals surface area contributed by atoms with E-state index in [9.17, 15) is 9.59 Å². The molecular formula is C19H20N2O3. The highest BCUT2D eigenvalue weighted by Crippen LogP contribution is 2.27. The molecule has 2 aromatic rings. The first kappa shape index (κ1) is 16.1. The number of ether oxygens (including phenoxy) is 1. The van der Waals surface area contributed by atoms with Crippen LogP contribution in [-0.2, 0) is 11.2 Å². The second-order valence-corrected chi connectivity index (χ2v) is 5.58. The molecule has 5 heteroatoms. The smallest absolute Gasteiger partial charge is 0.340 e. The Labute approximate surface area is 141 Å². The summed E-state index contributed by atoms with van der Waals surface area (Å²) in [6, 6.07) is 14.6. The first-order valence-electron chi connectivity index (χ1n) is 8.13. The van der Waals surface area contributed by atoms with Crippen LogP contribution >= 0.6 is 0 Å². The molecule has 5 nitrogen and oxygen atoms in total. The number of benzene rings is 2. The Balaban J connectivity index is 1.83. The fraction of sp³-hybridized carbons (Fsp3) is 0.263. The van der Waals surface area contributed by atoms with Crippen LogP contribution in [0.25, 0.3) is 0 Å². The van der Waals surface area contributed by atoms with E-state index in [-0.39, 0.29) is 6.03 Å². The van der Waals surface area contributed by atoms with E-state index < -0.39 is 5.97 Å². The summed E-state index contributed by atoms with van der Waals surface area (Å²) < 4.78 is 5.05. The summed E-state index contributed by atoms with van der Waals surface area (Å²) >= 11 is 0. The van der Waals surface area contributed by atoms with E-state index >= 15 is 0 Å². The van der Waals surface area contributed by atoms with Crippen molar-refractivity contribution in [1.82, 2.24) is 0 Å². The lowest BCUT2D eigenvalue weighted by Crippen LogP contribution is -2.39. The molecule has 1 heterocycles. The van der Waals surface area contributed by atoms with Crippen LogP contribution in [0.1, 0.15) is 29.3 Å². The molecule has 2 amide bonds. The molecule has 0 radical (unpaired) electrons. The molecule has 1 N–H and O–H groups in total. The molecule has 0 atom stereocenters. The second-order valence-electron chi connectivity index (χ2n) is 5.58. The van der Waals surface area contributed by atoms with E-state index in [2.05, 4.69) is 5.32 Å². The van der Waals surface area contributed by atoms with E-state index in [1.54, 1.807) is 36.1 Å². The number of esters is 1. The number of rotatable bonds is 3. The molecule has 0 unspecified atom stereocenters. The highest BCUT2D eigenvalue weighted by atomic mass is 16.5. The van der Waals surface area contributed by atoms with Crippen LogP contribution in [0.15, 0.2) is 48.5 Å². The Kier molecular flexibility index (Phi) is 4.79. The summed E-state index contributed by atoms with van der Waals surface area (Å²) in [5, 5.41) is 2.85. The maximum atomic E-state index is 12.7. The molecule has 1 aliphatic heterocycles. The minimum absolute atomic E-state index is 0.237. The van der Waals surface area contributed by atoms with Crippen molar-refractivity contribution in [2.24, 2.45) is 0 Å². The molecule has 0 fully saturated rings. The van der Waals surface area contributed by atoms with Gasteiger partial charge < -0.3 is 10.1 Å². The van der Waals surface area contributed by atoms with Gasteiger partial charge in [0.25, 0.3) is 0 Å². The molecule has 0 aromatic heterocycles. The van der Waals surface area contributed by atoms with E-state index in [0.29, 0.717) is 24.4 Å². The molecule has 0 saturated heterocycles. The normalized spacial score (nSPS) is 13.1. The number of para-hydroxylation sites is 2. The van der Waals surface area contributed by atoms with E-state index in [0.717, 1.165) is 24.1 Å². The van der Waals surface area contributed by atoms with Gasteiger partial charge in [0.05, 0.1) is 17.9 Å². The summed E-state index contributed by atoms with van der Waals surface area (Å²) in [6.07, 6.45) is 1.89. The van der Waals surface area contributed by atoms with Gasteiger partial charge in [-0.3, -0.25) is 4.90 Å². The van der Waals surface area contributed by atoms with Crippen molar-refractivity contribution in [3.8, 4) is 0 Å². The Morgan fingerprint density at radius 2 is 1.88 bits per heavy atom. The number of aryl methyl sites for hydroxylation is 1. The average Bonchev–Trinajstić information content (AvgIpc) is 2.62. The highest BCUT2D eigenvalue weighted by Gasteiger charge is 2.23. The lowest BCUT2D eigenvalue weighted by atomic mass is 10.0. The minimum atomic E-state index is -0.438. The summed E-state index contributed by atoms with van der Waals surface area (Å²) in [5.41, 5.74) is 2.91. The van der Waals surface area contributed by atoms with Crippen LogP contribution < -0.4 is 10.2 Å². The zero-order chi connectivity index (χ0) is 16.9. The maximum absolute atomic E-state index is 12.7.